The molecule has 0 unspecified atom stereocenters. The van der Waals surface area contributed by atoms with Crippen molar-refractivity contribution in [2.45, 2.75) is 46.1 Å². The van der Waals surface area contributed by atoms with Crippen molar-refractivity contribution in [2.75, 3.05) is 31.1 Å². The minimum absolute atomic E-state index is 0.0619. The molecule has 1 fully saturated rings. The van der Waals surface area contributed by atoms with Crippen LogP contribution in [0.15, 0.2) is 29.1 Å². The number of rotatable bonds is 3. The molecule has 0 radical (unpaired) electrons. The lowest BCUT2D eigenvalue weighted by atomic mass is 9.89. The van der Waals surface area contributed by atoms with E-state index in [4.69, 9.17) is 4.98 Å². The SMILES string of the molecule is Cc1ccccc1N1CC[NH+]([C@@H](C)c2nc3sc4c(c3c(=O)[nH]2)CC[C@@H](C)C4)CC1. The molecule has 0 spiro atoms. The molecule has 3 heterocycles. The maximum absolute atomic E-state index is 13.0. The van der Waals surface area contributed by atoms with E-state index in [9.17, 15) is 4.79 Å². The minimum atomic E-state index is 0.0619. The first kappa shape index (κ1) is 19.8. The summed E-state index contributed by atoms with van der Waals surface area (Å²) >= 11 is 1.75. The Bertz CT molecular complexity index is 1130. The first-order valence-electron chi connectivity index (χ1n) is 11.2. The number of hydrogen-bond donors (Lipinski definition) is 2. The van der Waals surface area contributed by atoms with Crippen LogP contribution in [-0.4, -0.2) is 36.1 Å². The molecule has 2 N–H and O–H groups in total. The van der Waals surface area contributed by atoms with Gasteiger partial charge in [0, 0.05) is 10.6 Å². The number of nitrogens with one attached hydrogen (secondary N) is 2. The number of fused-ring (bicyclic) bond motifs is 3. The number of benzene rings is 1. The zero-order valence-corrected chi connectivity index (χ0v) is 18.9. The fourth-order valence-corrected chi connectivity index (χ4v) is 6.54. The topological polar surface area (TPSA) is 53.4 Å². The average Bonchev–Trinajstić information content (AvgIpc) is 3.11. The molecule has 2 aromatic heterocycles. The summed E-state index contributed by atoms with van der Waals surface area (Å²) in [6.45, 7) is 10.9. The Kier molecular flexibility index (Phi) is 5.15. The van der Waals surface area contributed by atoms with Gasteiger partial charge >= 0.3 is 0 Å². The monoisotopic (exact) mass is 423 g/mol. The van der Waals surface area contributed by atoms with Crippen molar-refractivity contribution in [3.05, 3.63) is 56.4 Å². The van der Waals surface area contributed by atoms with Crippen LogP contribution in [-0.2, 0) is 12.8 Å². The highest BCUT2D eigenvalue weighted by Gasteiger charge is 2.29. The lowest BCUT2D eigenvalue weighted by molar-refractivity contribution is -0.930. The zero-order valence-electron chi connectivity index (χ0n) is 18.1. The van der Waals surface area contributed by atoms with Gasteiger partial charge in [-0.2, -0.15) is 0 Å². The summed E-state index contributed by atoms with van der Waals surface area (Å²) in [6, 6.07) is 8.82. The normalized spacial score (nSPS) is 21.0. The first-order chi connectivity index (χ1) is 14.5. The van der Waals surface area contributed by atoms with Crippen LogP contribution in [0.3, 0.4) is 0 Å². The number of thiophene rings is 1. The molecule has 0 bridgehead atoms. The van der Waals surface area contributed by atoms with Crippen molar-refractivity contribution in [2.24, 2.45) is 5.92 Å². The molecule has 1 saturated heterocycles. The first-order valence-corrected chi connectivity index (χ1v) is 12.0. The van der Waals surface area contributed by atoms with E-state index in [1.807, 2.05) is 0 Å². The number of H-pyrrole nitrogens is 1. The van der Waals surface area contributed by atoms with Crippen LogP contribution in [0.1, 0.15) is 48.1 Å². The van der Waals surface area contributed by atoms with Gasteiger partial charge < -0.3 is 14.8 Å². The van der Waals surface area contributed by atoms with Gasteiger partial charge in [-0.3, -0.25) is 4.79 Å². The Morgan fingerprint density at radius 2 is 2.03 bits per heavy atom. The van der Waals surface area contributed by atoms with Crippen molar-refractivity contribution in [1.29, 1.82) is 0 Å². The lowest BCUT2D eigenvalue weighted by Crippen LogP contribution is -3.14. The van der Waals surface area contributed by atoms with Crippen LogP contribution in [0.5, 0.6) is 0 Å². The molecule has 5 nitrogen and oxygen atoms in total. The zero-order chi connectivity index (χ0) is 20.8. The third-order valence-corrected chi connectivity index (χ3v) is 8.22. The van der Waals surface area contributed by atoms with Crippen LogP contribution in [0, 0.1) is 12.8 Å². The Labute approximate surface area is 181 Å². The molecule has 30 heavy (non-hydrogen) atoms. The highest BCUT2D eigenvalue weighted by Crippen LogP contribution is 2.35. The molecular formula is C24H31N4OS+. The highest BCUT2D eigenvalue weighted by molar-refractivity contribution is 7.18. The predicted octanol–water partition coefficient (Wildman–Crippen LogP) is 2.88. The molecule has 5 rings (SSSR count). The predicted molar refractivity (Wildman–Crippen MR) is 124 cm³/mol. The molecular weight excluding hydrogens is 392 g/mol. The molecule has 1 aliphatic heterocycles. The van der Waals surface area contributed by atoms with Crippen molar-refractivity contribution in [1.82, 2.24) is 9.97 Å². The van der Waals surface area contributed by atoms with E-state index in [-0.39, 0.29) is 11.6 Å². The van der Waals surface area contributed by atoms with E-state index in [0.717, 1.165) is 55.1 Å². The van der Waals surface area contributed by atoms with E-state index < -0.39 is 0 Å². The molecule has 2 atom stereocenters. The Balaban J connectivity index is 1.36. The molecule has 0 saturated carbocycles. The van der Waals surface area contributed by atoms with Gasteiger partial charge in [0.25, 0.3) is 5.56 Å². The summed E-state index contributed by atoms with van der Waals surface area (Å²) in [5.41, 5.74) is 4.00. The van der Waals surface area contributed by atoms with Crippen LogP contribution < -0.4 is 15.4 Å². The summed E-state index contributed by atoms with van der Waals surface area (Å²) in [7, 11) is 0. The Morgan fingerprint density at radius 1 is 1.27 bits per heavy atom. The summed E-state index contributed by atoms with van der Waals surface area (Å²) in [4.78, 5) is 27.4. The van der Waals surface area contributed by atoms with Crippen molar-refractivity contribution < 1.29 is 4.90 Å². The van der Waals surface area contributed by atoms with Gasteiger partial charge in [0.05, 0.1) is 31.6 Å². The standard InChI is InChI=1S/C24H30N4OS/c1-15-8-9-18-20(14-15)30-24-21(18)23(29)25-22(26-24)17(3)27-10-12-28(13-11-27)19-7-5-4-6-16(19)2/h4-7,15,17H,8-14H2,1-3H3,(H,25,26,29)/p+1/t15-,17+/m1/s1. The molecule has 1 aliphatic carbocycles. The minimum Gasteiger partial charge on any atom is -0.360 e. The van der Waals surface area contributed by atoms with Gasteiger partial charge in [-0.15, -0.1) is 11.3 Å². The Hall–Kier alpha value is -2.18. The third kappa shape index (κ3) is 3.46. The number of hydrogen-bond acceptors (Lipinski definition) is 4. The van der Waals surface area contributed by atoms with E-state index in [0.29, 0.717) is 5.92 Å². The average molecular weight is 424 g/mol. The van der Waals surface area contributed by atoms with Crippen molar-refractivity contribution in [3.8, 4) is 0 Å². The summed E-state index contributed by atoms with van der Waals surface area (Å²) in [5.74, 6) is 1.55. The molecule has 158 valence electrons. The number of aromatic amines is 1. The molecule has 3 aromatic rings. The van der Waals surface area contributed by atoms with Gasteiger partial charge in [0.2, 0.25) is 0 Å². The fourth-order valence-electron chi connectivity index (χ4n) is 5.15. The second-order valence-electron chi connectivity index (χ2n) is 9.14. The van der Waals surface area contributed by atoms with E-state index in [1.165, 1.54) is 33.0 Å². The maximum atomic E-state index is 13.0. The number of nitrogens with zero attached hydrogens (tertiary/aromatic N) is 2. The van der Waals surface area contributed by atoms with Gasteiger partial charge in [-0.1, -0.05) is 25.1 Å². The fraction of sp³-hybridized carbons (Fsp3) is 0.500. The summed E-state index contributed by atoms with van der Waals surface area (Å²) in [5, 5.41) is 0.859. The second-order valence-corrected chi connectivity index (χ2v) is 10.2. The highest BCUT2D eigenvalue weighted by atomic mass is 32.1. The molecule has 0 amide bonds. The van der Waals surface area contributed by atoms with Crippen molar-refractivity contribution >= 4 is 27.2 Å². The molecule has 2 aliphatic rings. The number of aryl methyl sites for hydroxylation is 2. The van der Waals surface area contributed by atoms with Crippen LogP contribution >= 0.6 is 11.3 Å². The van der Waals surface area contributed by atoms with Crippen molar-refractivity contribution in [3.63, 3.8) is 0 Å². The van der Waals surface area contributed by atoms with E-state index in [1.54, 1.807) is 11.3 Å². The molecule has 6 heteroatoms. The molecule has 1 aromatic carbocycles. The van der Waals surface area contributed by atoms with Gasteiger partial charge in [0.15, 0.2) is 5.82 Å². The smallest absolute Gasteiger partial charge is 0.260 e. The number of quaternary nitrogens is 1. The van der Waals surface area contributed by atoms with Gasteiger partial charge in [-0.05, 0) is 56.2 Å². The van der Waals surface area contributed by atoms with Crippen LogP contribution in [0.25, 0.3) is 10.2 Å². The summed E-state index contributed by atoms with van der Waals surface area (Å²) in [6.07, 6.45) is 3.28. The third-order valence-electron chi connectivity index (χ3n) is 7.07. The Morgan fingerprint density at radius 3 is 2.80 bits per heavy atom. The number of piperazine rings is 1. The summed E-state index contributed by atoms with van der Waals surface area (Å²) < 4.78 is 0. The second kappa shape index (κ2) is 7.82. The maximum Gasteiger partial charge on any atom is 0.260 e. The largest absolute Gasteiger partial charge is 0.360 e. The van der Waals surface area contributed by atoms with Crippen LogP contribution in [0.4, 0.5) is 5.69 Å². The number of aromatic nitrogens is 2. The van der Waals surface area contributed by atoms with Crippen LogP contribution in [0.2, 0.25) is 0 Å². The quantitative estimate of drug-likeness (QED) is 0.681. The van der Waals surface area contributed by atoms with Gasteiger partial charge in [-0.25, -0.2) is 4.98 Å². The number of para-hydroxylation sites is 1. The van der Waals surface area contributed by atoms with E-state index in [2.05, 4.69) is 54.9 Å². The van der Waals surface area contributed by atoms with Gasteiger partial charge in [0.1, 0.15) is 10.9 Å². The number of anilines is 1. The van der Waals surface area contributed by atoms with E-state index >= 15 is 0 Å². The lowest BCUT2D eigenvalue weighted by Gasteiger charge is -2.36.